The van der Waals surface area contributed by atoms with Gasteiger partial charge < -0.3 is 24.6 Å². The van der Waals surface area contributed by atoms with Gasteiger partial charge in [-0.25, -0.2) is 8.42 Å². The van der Waals surface area contributed by atoms with Gasteiger partial charge in [0.1, 0.15) is 5.56 Å². The summed E-state index contributed by atoms with van der Waals surface area (Å²) in [5, 5.41) is 26.0. The highest BCUT2D eigenvalue weighted by atomic mass is 32.2. The average molecular weight is 541 g/mol. The van der Waals surface area contributed by atoms with Crippen LogP contribution in [0.25, 0.3) is 0 Å². The van der Waals surface area contributed by atoms with Gasteiger partial charge in [0.05, 0.1) is 29.5 Å². The second kappa shape index (κ2) is 9.43. The number of benzene rings is 1. The van der Waals surface area contributed by atoms with Gasteiger partial charge in [-0.15, -0.1) is 0 Å². The van der Waals surface area contributed by atoms with Crippen molar-refractivity contribution in [1.29, 1.82) is 0 Å². The van der Waals surface area contributed by atoms with Crippen molar-refractivity contribution in [3.8, 4) is 11.6 Å². The third kappa shape index (κ3) is 5.58. The monoisotopic (exact) mass is 540 g/mol. The molecular weight excluding hydrogens is 503 g/mol. The van der Waals surface area contributed by atoms with Crippen molar-refractivity contribution in [3.05, 3.63) is 29.5 Å². The van der Waals surface area contributed by atoms with E-state index in [0.717, 1.165) is 12.7 Å². The Balaban J connectivity index is 2.23. The molecule has 2 heterocycles. The number of hydrogen-bond acceptors (Lipinski definition) is 7. The third-order valence-electron chi connectivity index (χ3n) is 6.09. The quantitative estimate of drug-likeness (QED) is 0.355. The standard InChI is InChI=1S/C24H37N4O6PS/c1-9-24(6,7)14-28-20(23(3,4)5)19(29)18(22(28)30)21-25-16-12-11-15(27-36(8,32)33)13-17(16)35(31,26-21)34-10-2/h11-13,27,29-30H,9-10,14H2,1-8H3,(H,25,26,31). The Morgan fingerprint density at radius 3 is 2.33 bits per heavy atom. The molecule has 1 aromatic carbocycles. The number of nitrogens with zero attached hydrogens (tertiary/aromatic N) is 2. The van der Waals surface area contributed by atoms with Crippen LogP contribution in [0.15, 0.2) is 23.0 Å². The SMILES string of the molecule is CCOP1(=O)N=C(c2c(O)c(C(C)(C)C)n(CC(C)(C)CC)c2O)Nc2ccc(NS(C)(=O)=O)cc21. The molecule has 3 rings (SSSR count). The van der Waals surface area contributed by atoms with Gasteiger partial charge in [0, 0.05) is 17.6 Å². The van der Waals surface area contributed by atoms with Crippen LogP contribution in [0.4, 0.5) is 11.4 Å². The molecule has 0 spiro atoms. The molecule has 2 aromatic rings. The summed E-state index contributed by atoms with van der Waals surface area (Å²) in [5.74, 6) is -0.330. The fourth-order valence-electron chi connectivity index (χ4n) is 4.14. The van der Waals surface area contributed by atoms with Crippen LogP contribution in [0.5, 0.6) is 11.6 Å². The minimum absolute atomic E-state index is 0.0108. The van der Waals surface area contributed by atoms with Crippen LogP contribution < -0.4 is 15.3 Å². The molecule has 1 unspecified atom stereocenters. The van der Waals surface area contributed by atoms with Crippen LogP contribution in [0.2, 0.25) is 0 Å². The van der Waals surface area contributed by atoms with Crippen LogP contribution >= 0.6 is 7.52 Å². The van der Waals surface area contributed by atoms with Crippen molar-refractivity contribution in [2.75, 3.05) is 22.9 Å². The van der Waals surface area contributed by atoms with E-state index in [-0.39, 0.29) is 46.0 Å². The predicted molar refractivity (Wildman–Crippen MR) is 144 cm³/mol. The Morgan fingerprint density at radius 1 is 1.17 bits per heavy atom. The molecule has 1 aliphatic rings. The highest BCUT2D eigenvalue weighted by Crippen LogP contribution is 2.54. The first kappa shape index (κ1) is 28.1. The fourth-order valence-corrected chi connectivity index (χ4v) is 6.50. The van der Waals surface area contributed by atoms with E-state index in [1.165, 1.54) is 12.1 Å². The largest absolute Gasteiger partial charge is 0.505 e. The van der Waals surface area contributed by atoms with Crippen LogP contribution in [-0.2, 0) is 31.1 Å². The van der Waals surface area contributed by atoms with E-state index in [0.29, 0.717) is 17.9 Å². The first-order valence-corrected chi connectivity index (χ1v) is 15.3. The second-order valence-electron chi connectivity index (χ2n) is 10.9. The maximum absolute atomic E-state index is 13.9. The molecule has 4 N–H and O–H groups in total. The zero-order valence-electron chi connectivity index (χ0n) is 22.1. The number of rotatable bonds is 8. The van der Waals surface area contributed by atoms with Gasteiger partial charge in [0.2, 0.25) is 15.9 Å². The molecule has 36 heavy (non-hydrogen) atoms. The molecule has 1 atom stereocenters. The summed E-state index contributed by atoms with van der Waals surface area (Å²) in [6.45, 7) is 14.2. The van der Waals surface area contributed by atoms with Crippen molar-refractivity contribution in [2.24, 2.45) is 10.2 Å². The molecule has 10 nitrogen and oxygen atoms in total. The summed E-state index contributed by atoms with van der Waals surface area (Å²) in [7, 11) is -7.45. The minimum Gasteiger partial charge on any atom is -0.505 e. The lowest BCUT2D eigenvalue weighted by Gasteiger charge is -2.28. The number of sulfonamides is 1. The van der Waals surface area contributed by atoms with Crippen LogP contribution in [0.3, 0.4) is 0 Å². The highest BCUT2D eigenvalue weighted by molar-refractivity contribution is 7.92. The van der Waals surface area contributed by atoms with Crippen LogP contribution in [0.1, 0.15) is 66.1 Å². The first-order chi connectivity index (χ1) is 16.4. The van der Waals surface area contributed by atoms with E-state index in [4.69, 9.17) is 4.52 Å². The van der Waals surface area contributed by atoms with Gasteiger partial charge in [-0.2, -0.15) is 4.76 Å². The molecule has 0 aliphatic carbocycles. The molecule has 0 saturated carbocycles. The zero-order valence-corrected chi connectivity index (χ0v) is 23.8. The maximum atomic E-state index is 13.9. The summed E-state index contributed by atoms with van der Waals surface area (Å²) in [6.07, 6.45) is 1.87. The minimum atomic E-state index is -3.89. The molecule has 200 valence electrons. The van der Waals surface area contributed by atoms with Gasteiger partial charge in [0.25, 0.3) is 0 Å². The molecule has 0 bridgehead atoms. The van der Waals surface area contributed by atoms with Crippen LogP contribution in [-0.4, -0.2) is 41.9 Å². The number of aromatic nitrogens is 1. The Bertz CT molecular complexity index is 1360. The molecule has 1 aromatic heterocycles. The summed E-state index contributed by atoms with van der Waals surface area (Å²) in [4.78, 5) is 0. The van der Waals surface area contributed by atoms with Gasteiger partial charge >= 0.3 is 7.52 Å². The fraction of sp³-hybridized carbons (Fsp3) is 0.542. The third-order valence-corrected chi connectivity index (χ3v) is 8.75. The topological polar surface area (TPSA) is 142 Å². The lowest BCUT2D eigenvalue weighted by atomic mass is 9.88. The molecule has 1 aliphatic heterocycles. The van der Waals surface area contributed by atoms with E-state index >= 15 is 0 Å². The summed E-state index contributed by atoms with van der Waals surface area (Å²) in [6, 6.07) is 4.48. The Hall–Kier alpha value is -2.49. The summed E-state index contributed by atoms with van der Waals surface area (Å²) in [5.41, 5.74) is 0.463. The van der Waals surface area contributed by atoms with Gasteiger partial charge in [-0.1, -0.05) is 41.5 Å². The second-order valence-corrected chi connectivity index (χ2v) is 14.6. The normalized spacial score (nSPS) is 18.4. The smallest absolute Gasteiger partial charge is 0.348 e. The zero-order chi connectivity index (χ0) is 27.3. The highest BCUT2D eigenvalue weighted by Gasteiger charge is 2.39. The average Bonchev–Trinajstić information content (AvgIpc) is 2.96. The van der Waals surface area contributed by atoms with Gasteiger partial charge in [-0.3, -0.25) is 9.29 Å². The number of amidine groups is 1. The maximum Gasteiger partial charge on any atom is 0.348 e. The number of hydrogen-bond donors (Lipinski definition) is 4. The lowest BCUT2D eigenvalue weighted by molar-refractivity contribution is 0.263. The molecular formula is C24H37N4O6PS. The number of nitrogens with one attached hydrogen (secondary N) is 2. The Morgan fingerprint density at radius 2 is 1.81 bits per heavy atom. The van der Waals surface area contributed by atoms with E-state index in [1.54, 1.807) is 17.6 Å². The molecule has 0 fully saturated rings. The van der Waals surface area contributed by atoms with Gasteiger partial charge in [-0.05, 0) is 37.0 Å². The first-order valence-electron chi connectivity index (χ1n) is 11.8. The van der Waals surface area contributed by atoms with E-state index < -0.39 is 23.0 Å². The van der Waals surface area contributed by atoms with Crippen molar-refractivity contribution >= 4 is 40.1 Å². The van der Waals surface area contributed by atoms with E-state index in [1.807, 2.05) is 20.8 Å². The number of anilines is 2. The van der Waals surface area contributed by atoms with Crippen molar-refractivity contribution in [2.45, 2.75) is 66.8 Å². The van der Waals surface area contributed by atoms with E-state index in [9.17, 15) is 23.2 Å². The molecule has 0 radical (unpaired) electrons. The summed E-state index contributed by atoms with van der Waals surface area (Å²) >= 11 is 0. The lowest BCUT2D eigenvalue weighted by Crippen LogP contribution is -2.26. The van der Waals surface area contributed by atoms with Crippen LogP contribution in [0, 0.1) is 5.41 Å². The Labute approximate surface area is 213 Å². The van der Waals surface area contributed by atoms with Gasteiger partial charge in [0.15, 0.2) is 11.6 Å². The van der Waals surface area contributed by atoms with E-state index in [2.05, 4.69) is 35.6 Å². The predicted octanol–water partition coefficient (Wildman–Crippen LogP) is 4.73. The molecule has 0 amide bonds. The van der Waals surface area contributed by atoms with Crippen molar-refractivity contribution in [3.63, 3.8) is 0 Å². The number of aromatic hydroxyl groups is 2. The summed E-state index contributed by atoms with van der Waals surface area (Å²) < 4.78 is 51.3. The molecule has 12 heteroatoms. The molecule has 0 saturated heterocycles. The Kier molecular flexibility index (Phi) is 7.36. The number of fused-ring (bicyclic) bond motifs is 1. The van der Waals surface area contributed by atoms with Crippen molar-refractivity contribution in [1.82, 2.24) is 4.57 Å². The van der Waals surface area contributed by atoms with Crippen molar-refractivity contribution < 1.29 is 27.7 Å².